The summed E-state index contributed by atoms with van der Waals surface area (Å²) < 4.78 is 0. The Kier molecular flexibility index (Phi) is 6.38. The maximum absolute atomic E-state index is 12.0. The smallest absolute Gasteiger partial charge is 0.156 e. The molecule has 0 radical (unpaired) electrons. The van der Waals surface area contributed by atoms with Crippen molar-refractivity contribution >= 4 is 17.1 Å². The van der Waals surface area contributed by atoms with Crippen LogP contribution >= 0.6 is 11.3 Å². The van der Waals surface area contributed by atoms with Gasteiger partial charge in [-0.2, -0.15) is 0 Å². The highest BCUT2D eigenvalue weighted by Gasteiger charge is 2.31. The molecule has 0 aliphatic carbocycles. The standard InChI is InChI=1S/C15H23NO2S/c1-4-5-6-7-8-13(18)9-15(3,10-17)14-12(2)16-11-19-14/h7-8,11,17H,4-6,9-10H2,1-3H3. The van der Waals surface area contributed by atoms with Gasteiger partial charge in [0.2, 0.25) is 0 Å². The summed E-state index contributed by atoms with van der Waals surface area (Å²) in [5.74, 6) is 0.0699. The summed E-state index contributed by atoms with van der Waals surface area (Å²) in [7, 11) is 0. The van der Waals surface area contributed by atoms with Crippen LogP contribution in [0.1, 0.15) is 50.1 Å². The van der Waals surface area contributed by atoms with Crippen LogP contribution in [0.15, 0.2) is 17.7 Å². The molecule has 1 atom stereocenters. The largest absolute Gasteiger partial charge is 0.395 e. The maximum atomic E-state index is 12.0. The number of unbranched alkanes of at least 4 members (excludes halogenated alkanes) is 2. The quantitative estimate of drug-likeness (QED) is 0.587. The van der Waals surface area contributed by atoms with Crippen LogP contribution in [0.2, 0.25) is 0 Å². The molecule has 4 heteroatoms. The summed E-state index contributed by atoms with van der Waals surface area (Å²) in [5, 5.41) is 9.64. The first kappa shape index (κ1) is 16.1. The van der Waals surface area contributed by atoms with Crippen molar-refractivity contribution in [3.63, 3.8) is 0 Å². The van der Waals surface area contributed by atoms with Gasteiger partial charge in [-0.05, 0) is 19.4 Å². The molecule has 0 fully saturated rings. The number of aliphatic hydroxyl groups excluding tert-OH is 1. The lowest BCUT2D eigenvalue weighted by atomic mass is 9.83. The van der Waals surface area contributed by atoms with Crippen molar-refractivity contribution in [1.29, 1.82) is 0 Å². The van der Waals surface area contributed by atoms with Crippen molar-refractivity contribution in [3.05, 3.63) is 28.2 Å². The van der Waals surface area contributed by atoms with E-state index in [9.17, 15) is 9.90 Å². The first-order valence-electron chi connectivity index (χ1n) is 6.74. The van der Waals surface area contributed by atoms with E-state index in [2.05, 4.69) is 11.9 Å². The molecule has 0 saturated heterocycles. The van der Waals surface area contributed by atoms with Crippen LogP contribution in [-0.2, 0) is 10.2 Å². The van der Waals surface area contributed by atoms with Crippen molar-refractivity contribution in [1.82, 2.24) is 4.98 Å². The van der Waals surface area contributed by atoms with Crippen LogP contribution in [0.5, 0.6) is 0 Å². The average molecular weight is 281 g/mol. The Morgan fingerprint density at radius 2 is 2.32 bits per heavy atom. The molecule has 0 saturated carbocycles. The zero-order valence-electron chi connectivity index (χ0n) is 12.0. The number of carbonyl (C=O) groups is 1. The summed E-state index contributed by atoms with van der Waals surface area (Å²) >= 11 is 1.51. The van der Waals surface area contributed by atoms with Crippen LogP contribution in [0.3, 0.4) is 0 Å². The van der Waals surface area contributed by atoms with Crippen LogP contribution in [0, 0.1) is 6.92 Å². The molecular weight excluding hydrogens is 258 g/mol. The summed E-state index contributed by atoms with van der Waals surface area (Å²) in [4.78, 5) is 17.2. The van der Waals surface area contributed by atoms with Crippen LogP contribution < -0.4 is 0 Å². The summed E-state index contributed by atoms with van der Waals surface area (Å²) in [5.41, 5.74) is 2.15. The predicted molar refractivity (Wildman–Crippen MR) is 79.6 cm³/mol. The number of allylic oxidation sites excluding steroid dienone is 2. The Labute approximate surface area is 119 Å². The van der Waals surface area contributed by atoms with Gasteiger partial charge in [0.1, 0.15) is 0 Å². The fourth-order valence-electron chi connectivity index (χ4n) is 2.07. The second kappa shape index (κ2) is 7.56. The van der Waals surface area contributed by atoms with Gasteiger partial charge in [-0.25, -0.2) is 4.98 Å². The third-order valence-corrected chi connectivity index (χ3v) is 4.47. The van der Waals surface area contributed by atoms with Gasteiger partial charge in [0.25, 0.3) is 0 Å². The number of nitrogens with zero attached hydrogens (tertiary/aromatic N) is 1. The third-order valence-electron chi connectivity index (χ3n) is 3.24. The Hall–Kier alpha value is -1.00. The van der Waals surface area contributed by atoms with E-state index in [0.717, 1.165) is 29.8 Å². The van der Waals surface area contributed by atoms with E-state index in [4.69, 9.17) is 0 Å². The van der Waals surface area contributed by atoms with Crippen molar-refractivity contribution < 1.29 is 9.90 Å². The van der Waals surface area contributed by atoms with Crippen LogP contribution in [0.25, 0.3) is 0 Å². The second-order valence-corrected chi connectivity index (χ2v) is 6.03. The molecule has 1 aromatic heterocycles. The van der Waals surface area contributed by atoms with E-state index in [1.807, 2.05) is 19.9 Å². The van der Waals surface area contributed by atoms with Crippen molar-refractivity contribution in [3.8, 4) is 0 Å². The lowest BCUT2D eigenvalue weighted by Crippen LogP contribution is -2.29. The first-order valence-corrected chi connectivity index (χ1v) is 7.62. The van der Waals surface area contributed by atoms with E-state index in [0.29, 0.717) is 6.42 Å². The molecule has 0 aromatic carbocycles. The molecule has 1 N–H and O–H groups in total. The van der Waals surface area contributed by atoms with Crippen molar-refractivity contribution in [2.75, 3.05) is 6.61 Å². The Morgan fingerprint density at radius 1 is 1.58 bits per heavy atom. The van der Waals surface area contributed by atoms with Gasteiger partial charge < -0.3 is 5.11 Å². The molecular formula is C15H23NO2S. The van der Waals surface area contributed by atoms with Gasteiger partial charge in [0.05, 0.1) is 17.8 Å². The van der Waals surface area contributed by atoms with Gasteiger partial charge >= 0.3 is 0 Å². The lowest BCUT2D eigenvalue weighted by molar-refractivity contribution is -0.116. The van der Waals surface area contributed by atoms with Crippen molar-refractivity contribution in [2.24, 2.45) is 0 Å². The summed E-state index contributed by atoms with van der Waals surface area (Å²) in [6.45, 7) is 5.93. The lowest BCUT2D eigenvalue weighted by Gasteiger charge is -2.25. The maximum Gasteiger partial charge on any atom is 0.156 e. The fourth-order valence-corrected chi connectivity index (χ4v) is 3.03. The zero-order chi connectivity index (χ0) is 14.3. The Morgan fingerprint density at radius 3 is 2.84 bits per heavy atom. The van der Waals surface area contributed by atoms with Gasteiger partial charge in [0.15, 0.2) is 5.78 Å². The number of hydrogen-bond donors (Lipinski definition) is 1. The van der Waals surface area contributed by atoms with E-state index in [1.165, 1.54) is 11.3 Å². The SMILES string of the molecule is CCCCC=CC(=O)CC(C)(CO)c1scnc1C. The number of rotatable bonds is 8. The number of aryl methyl sites for hydroxylation is 1. The van der Waals surface area contributed by atoms with Crippen LogP contribution in [-0.4, -0.2) is 22.5 Å². The average Bonchev–Trinajstić information content (AvgIpc) is 2.81. The highest BCUT2D eigenvalue weighted by molar-refractivity contribution is 7.09. The second-order valence-electron chi connectivity index (χ2n) is 5.17. The molecule has 1 rings (SSSR count). The molecule has 3 nitrogen and oxygen atoms in total. The van der Waals surface area contributed by atoms with E-state index < -0.39 is 5.41 Å². The monoisotopic (exact) mass is 281 g/mol. The number of hydrogen-bond acceptors (Lipinski definition) is 4. The fraction of sp³-hybridized carbons (Fsp3) is 0.600. The Bertz CT molecular complexity index is 439. The van der Waals surface area contributed by atoms with E-state index >= 15 is 0 Å². The molecule has 0 amide bonds. The van der Waals surface area contributed by atoms with Gasteiger partial charge in [0, 0.05) is 16.7 Å². The minimum absolute atomic E-state index is 0.0371. The van der Waals surface area contributed by atoms with Gasteiger partial charge in [-0.1, -0.05) is 32.8 Å². The number of ketones is 1. The molecule has 1 heterocycles. The Balaban J connectivity index is 2.69. The first-order chi connectivity index (χ1) is 9.03. The molecule has 1 unspecified atom stereocenters. The van der Waals surface area contributed by atoms with E-state index in [-0.39, 0.29) is 12.4 Å². The number of thiazole rings is 1. The summed E-state index contributed by atoms with van der Waals surface area (Å²) in [6.07, 6.45) is 7.10. The normalized spacial score (nSPS) is 14.7. The van der Waals surface area contributed by atoms with Gasteiger partial charge in [-0.3, -0.25) is 4.79 Å². The highest BCUT2D eigenvalue weighted by Crippen LogP contribution is 2.33. The van der Waals surface area contributed by atoms with Crippen molar-refractivity contribution in [2.45, 2.75) is 51.9 Å². The molecule has 106 valence electrons. The number of aromatic nitrogens is 1. The number of aliphatic hydroxyl groups is 1. The van der Waals surface area contributed by atoms with Crippen LogP contribution in [0.4, 0.5) is 0 Å². The zero-order valence-corrected chi connectivity index (χ0v) is 12.8. The number of carbonyl (C=O) groups excluding carboxylic acids is 1. The predicted octanol–water partition coefficient (Wildman–Crippen LogP) is 3.41. The molecule has 19 heavy (non-hydrogen) atoms. The summed E-state index contributed by atoms with van der Waals surface area (Å²) in [6, 6.07) is 0. The minimum Gasteiger partial charge on any atom is -0.395 e. The minimum atomic E-state index is -0.516. The molecule has 0 aliphatic heterocycles. The molecule has 0 bridgehead atoms. The van der Waals surface area contributed by atoms with E-state index in [1.54, 1.807) is 11.6 Å². The third kappa shape index (κ3) is 4.55. The molecule has 1 aromatic rings. The molecule has 0 spiro atoms. The topological polar surface area (TPSA) is 50.2 Å². The van der Waals surface area contributed by atoms with Gasteiger partial charge in [-0.15, -0.1) is 11.3 Å². The molecule has 0 aliphatic rings. The highest BCUT2D eigenvalue weighted by atomic mass is 32.1.